The van der Waals surface area contributed by atoms with Crippen molar-refractivity contribution in [1.82, 2.24) is 0 Å². The molecule has 0 radical (unpaired) electrons. The van der Waals surface area contributed by atoms with Gasteiger partial charge in [-0.25, -0.2) is 0 Å². The molecule has 0 amide bonds. The van der Waals surface area contributed by atoms with E-state index >= 15 is 0 Å². The number of carbonyl (C=O) groups excluding carboxylic acids is 1. The van der Waals surface area contributed by atoms with Crippen molar-refractivity contribution in [1.29, 1.82) is 0 Å². The minimum absolute atomic E-state index is 0.0307. The van der Waals surface area contributed by atoms with Crippen molar-refractivity contribution in [2.75, 3.05) is 6.61 Å². The fraction of sp³-hybridized carbons (Fsp3) is 0.550. The molecule has 1 aliphatic heterocycles. The summed E-state index contributed by atoms with van der Waals surface area (Å²) in [7, 11) is 0. The number of Topliss-reactive ketones (excluding diaryl/α,β-unsaturated/α-hetero) is 1. The van der Waals surface area contributed by atoms with Gasteiger partial charge in [0, 0.05) is 30.8 Å². The summed E-state index contributed by atoms with van der Waals surface area (Å²) in [5.41, 5.74) is 0.632. The molecule has 1 heterocycles. The highest BCUT2D eigenvalue weighted by atomic mass is 19.4. The highest BCUT2D eigenvalue weighted by Crippen LogP contribution is 2.42. The summed E-state index contributed by atoms with van der Waals surface area (Å²) in [6.07, 6.45) is -0.605. The second kappa shape index (κ2) is 7.82. The van der Waals surface area contributed by atoms with E-state index in [-0.39, 0.29) is 11.7 Å². The Morgan fingerprint density at radius 3 is 2.58 bits per heavy atom. The minimum Gasteiger partial charge on any atom is -0.469 e. The molecular weight excluding hydrogens is 345 g/mol. The van der Waals surface area contributed by atoms with Gasteiger partial charge in [-0.15, -0.1) is 0 Å². The van der Waals surface area contributed by atoms with E-state index in [1.54, 1.807) is 0 Å². The van der Waals surface area contributed by atoms with Gasteiger partial charge in [-0.2, -0.15) is 13.2 Å². The second-order valence-corrected chi connectivity index (χ2v) is 6.79. The van der Waals surface area contributed by atoms with Gasteiger partial charge in [-0.1, -0.05) is 25.5 Å². The number of ketones is 1. The van der Waals surface area contributed by atoms with Crippen LogP contribution in [0.1, 0.15) is 62.5 Å². The Morgan fingerprint density at radius 2 is 1.92 bits per heavy atom. The van der Waals surface area contributed by atoms with Gasteiger partial charge in [0.1, 0.15) is 5.76 Å². The highest BCUT2D eigenvalue weighted by molar-refractivity contribution is 5.98. The lowest BCUT2D eigenvalue weighted by Gasteiger charge is -2.36. The van der Waals surface area contributed by atoms with E-state index in [0.29, 0.717) is 42.8 Å². The maximum Gasteiger partial charge on any atom is 0.416 e. The molecule has 2 atom stereocenters. The summed E-state index contributed by atoms with van der Waals surface area (Å²) >= 11 is 0. The summed E-state index contributed by atoms with van der Waals surface area (Å²) in [6.45, 7) is 2.63. The molecule has 2 aliphatic rings. The van der Waals surface area contributed by atoms with E-state index in [4.69, 9.17) is 9.47 Å². The normalized spacial score (nSPS) is 23.6. The molecule has 1 aromatic rings. The molecule has 0 N–H and O–H groups in total. The number of rotatable bonds is 5. The first-order valence-electron chi connectivity index (χ1n) is 9.11. The topological polar surface area (TPSA) is 35.5 Å². The minimum atomic E-state index is -4.37. The van der Waals surface area contributed by atoms with E-state index in [1.165, 1.54) is 12.1 Å². The van der Waals surface area contributed by atoms with Crippen LogP contribution in [0.15, 0.2) is 35.6 Å². The van der Waals surface area contributed by atoms with E-state index < -0.39 is 18.0 Å². The fourth-order valence-electron chi connectivity index (χ4n) is 3.53. The third-order valence-electron chi connectivity index (χ3n) is 4.90. The number of benzene rings is 1. The van der Waals surface area contributed by atoms with Gasteiger partial charge in [0.05, 0.1) is 12.2 Å². The quantitative estimate of drug-likeness (QED) is 0.657. The predicted octanol–water partition coefficient (Wildman–Crippen LogP) is 5.36. The molecule has 3 rings (SSSR count). The van der Waals surface area contributed by atoms with Crippen LogP contribution in [-0.4, -0.2) is 18.7 Å². The number of carbonyl (C=O) groups is 1. The van der Waals surface area contributed by atoms with Gasteiger partial charge < -0.3 is 9.47 Å². The van der Waals surface area contributed by atoms with E-state index in [1.807, 2.05) is 0 Å². The standard InChI is InChI=1S/C20H23F3O3/c1-2-3-11-25-18-12-15(19-16(24)5-4-6-17(19)26-18)13-7-9-14(10-8-13)20(21,22)23/h7-10,15,18H,2-6,11-12H2,1H3. The molecule has 1 aliphatic carbocycles. The van der Waals surface area contributed by atoms with Crippen molar-refractivity contribution < 1.29 is 27.4 Å². The van der Waals surface area contributed by atoms with Crippen molar-refractivity contribution >= 4 is 5.78 Å². The largest absolute Gasteiger partial charge is 0.469 e. The summed E-state index contributed by atoms with van der Waals surface area (Å²) in [5.74, 6) is 0.405. The van der Waals surface area contributed by atoms with Gasteiger partial charge in [0.25, 0.3) is 0 Å². The average Bonchev–Trinajstić information content (AvgIpc) is 2.61. The number of alkyl halides is 3. The maximum atomic E-state index is 12.8. The van der Waals surface area contributed by atoms with E-state index in [2.05, 4.69) is 6.92 Å². The maximum absolute atomic E-state index is 12.8. The Kier molecular flexibility index (Phi) is 5.70. The monoisotopic (exact) mass is 368 g/mol. The van der Waals surface area contributed by atoms with Crippen molar-refractivity contribution in [2.45, 2.75) is 63.8 Å². The first kappa shape index (κ1) is 19.0. The van der Waals surface area contributed by atoms with Crippen LogP contribution < -0.4 is 0 Å². The third kappa shape index (κ3) is 4.11. The molecular formula is C20H23F3O3. The molecule has 0 bridgehead atoms. The van der Waals surface area contributed by atoms with Crippen molar-refractivity contribution in [2.24, 2.45) is 0 Å². The van der Waals surface area contributed by atoms with Gasteiger partial charge >= 0.3 is 6.18 Å². The number of hydrogen-bond acceptors (Lipinski definition) is 3. The molecule has 0 spiro atoms. The first-order valence-corrected chi connectivity index (χ1v) is 9.11. The van der Waals surface area contributed by atoms with Crippen LogP contribution in [-0.2, 0) is 20.4 Å². The van der Waals surface area contributed by atoms with E-state index in [9.17, 15) is 18.0 Å². The molecule has 0 saturated heterocycles. The zero-order chi connectivity index (χ0) is 18.7. The smallest absolute Gasteiger partial charge is 0.416 e. The number of allylic oxidation sites excluding steroid dienone is 2. The summed E-state index contributed by atoms with van der Waals surface area (Å²) < 4.78 is 50.2. The molecule has 6 heteroatoms. The molecule has 1 aromatic carbocycles. The molecule has 142 valence electrons. The number of ether oxygens (including phenoxy) is 2. The van der Waals surface area contributed by atoms with Gasteiger partial charge in [-0.3, -0.25) is 4.79 Å². The molecule has 0 saturated carbocycles. The number of hydrogen-bond donors (Lipinski definition) is 0. The predicted molar refractivity (Wildman–Crippen MR) is 90.4 cm³/mol. The van der Waals surface area contributed by atoms with Gasteiger partial charge in [0.15, 0.2) is 12.1 Å². The lowest BCUT2D eigenvalue weighted by molar-refractivity contribution is -0.140. The molecule has 2 unspecified atom stereocenters. The van der Waals surface area contributed by atoms with Crippen LogP contribution in [0.4, 0.5) is 13.2 Å². The van der Waals surface area contributed by atoms with Gasteiger partial charge in [-0.05, 0) is 30.5 Å². The van der Waals surface area contributed by atoms with Crippen LogP contribution in [0.2, 0.25) is 0 Å². The average molecular weight is 368 g/mol. The summed E-state index contributed by atoms with van der Waals surface area (Å²) in [5, 5.41) is 0. The zero-order valence-electron chi connectivity index (χ0n) is 14.8. The molecule has 0 fully saturated rings. The van der Waals surface area contributed by atoms with Crippen LogP contribution >= 0.6 is 0 Å². The lowest BCUT2D eigenvalue weighted by Crippen LogP contribution is -2.32. The van der Waals surface area contributed by atoms with Crippen molar-refractivity contribution in [3.63, 3.8) is 0 Å². The second-order valence-electron chi connectivity index (χ2n) is 6.79. The zero-order valence-corrected chi connectivity index (χ0v) is 14.8. The van der Waals surface area contributed by atoms with Gasteiger partial charge in [0.2, 0.25) is 0 Å². The Hall–Kier alpha value is -1.82. The third-order valence-corrected chi connectivity index (χ3v) is 4.90. The van der Waals surface area contributed by atoms with Crippen LogP contribution in [0, 0.1) is 0 Å². The Bertz CT molecular complexity index is 677. The number of unbranched alkanes of at least 4 members (excludes halogenated alkanes) is 1. The Labute approximate surface area is 151 Å². The summed E-state index contributed by atoms with van der Waals surface area (Å²) in [6, 6.07) is 5.08. The highest BCUT2D eigenvalue weighted by Gasteiger charge is 2.38. The van der Waals surface area contributed by atoms with Crippen molar-refractivity contribution in [3.8, 4) is 0 Å². The van der Waals surface area contributed by atoms with E-state index in [0.717, 1.165) is 31.4 Å². The number of halogens is 3. The SMILES string of the molecule is CCCCOC1CC(c2ccc(C(F)(F)F)cc2)C2=C(CCCC2=O)O1. The summed E-state index contributed by atoms with van der Waals surface area (Å²) in [4.78, 5) is 12.4. The van der Waals surface area contributed by atoms with Crippen LogP contribution in [0.3, 0.4) is 0 Å². The Balaban J connectivity index is 1.87. The van der Waals surface area contributed by atoms with Crippen LogP contribution in [0.5, 0.6) is 0 Å². The molecule has 26 heavy (non-hydrogen) atoms. The van der Waals surface area contributed by atoms with Crippen molar-refractivity contribution in [3.05, 3.63) is 46.7 Å². The lowest BCUT2D eigenvalue weighted by atomic mass is 9.79. The fourth-order valence-corrected chi connectivity index (χ4v) is 3.53. The molecule has 0 aromatic heterocycles. The van der Waals surface area contributed by atoms with Crippen LogP contribution in [0.25, 0.3) is 0 Å². The Morgan fingerprint density at radius 1 is 1.19 bits per heavy atom. The first-order chi connectivity index (χ1) is 12.4. The molecule has 3 nitrogen and oxygen atoms in total.